The normalized spacial score (nSPS) is 0. The van der Waals surface area contributed by atoms with Crippen molar-refractivity contribution in [3.05, 3.63) is 0 Å². The summed E-state index contributed by atoms with van der Waals surface area (Å²) in [7, 11) is 0. The second-order valence-electron chi connectivity index (χ2n) is 0. The Morgan fingerprint density at radius 2 is 0.400 bits per heavy atom. The Bertz CT molecular complexity index is 3.61. The average molecular weight is 250 g/mol. The quantitative estimate of drug-likeness (QED) is 0.374. The minimum atomic E-state index is 0. The minimum Gasteiger partial charge on any atom is -1.00 e. The van der Waals surface area contributed by atoms with Gasteiger partial charge in [0, 0.05) is 0 Å². The molecule has 0 unspecified atom stereocenters. The van der Waals surface area contributed by atoms with Gasteiger partial charge in [0.05, 0.1) is 0 Å². The Morgan fingerprint density at radius 3 is 0.400 bits per heavy atom. The molecule has 0 nitrogen and oxygen atoms in total. The summed E-state index contributed by atoms with van der Waals surface area (Å²) < 4.78 is 0. The third kappa shape index (κ3) is 24.9. The zero-order valence-electron chi connectivity index (χ0n) is 1.81. The number of hydrogen-bond donors (Lipinski definition) is 0. The zero-order valence-corrected chi connectivity index (χ0v) is 6.32. The molecule has 0 bridgehead atoms. The number of hydrogen-bond acceptors (Lipinski definition) is 0. The maximum atomic E-state index is 0. The first-order valence-corrected chi connectivity index (χ1v) is 0. The van der Waals surface area contributed by atoms with Gasteiger partial charge >= 0.3 is 22.4 Å². The molecule has 5 heteroatoms. The van der Waals surface area contributed by atoms with Crippen LogP contribution in [0.25, 0.3) is 0 Å². The summed E-state index contributed by atoms with van der Waals surface area (Å²) >= 11 is 0. The molecule has 42 valence electrons. The molecule has 0 amide bonds. The molecule has 0 N–H and O–H groups in total. The molecule has 0 atom stereocenters. The summed E-state index contributed by atoms with van der Waals surface area (Å²) in [5, 5.41) is 0. The molecule has 0 aliphatic rings. The molecule has 0 aliphatic carbocycles. The van der Waals surface area contributed by atoms with Crippen molar-refractivity contribution in [1.29, 1.82) is 0 Å². The molecule has 0 saturated carbocycles. The topological polar surface area (TPSA) is 0 Å². The predicted molar refractivity (Wildman–Crippen MR) is 0 cm³/mol. The van der Waals surface area contributed by atoms with Crippen LogP contribution >= 0.6 is 0 Å². The van der Waals surface area contributed by atoms with Gasteiger partial charge in [-0.1, -0.05) is 0 Å². The van der Waals surface area contributed by atoms with E-state index in [1.807, 2.05) is 0 Å². The van der Waals surface area contributed by atoms with Gasteiger partial charge in [0.1, 0.15) is 0 Å². The predicted octanol–water partition coefficient (Wildman–Crippen LogP) is -12.0. The Balaban J connectivity index is 0. The van der Waals surface area contributed by atoms with E-state index in [9.17, 15) is 0 Å². The SMILES string of the molecule is [Ag+].[Cl-].[Cl-].[Cl-].[Cl-]. The molecule has 0 aliphatic heterocycles. The van der Waals surface area contributed by atoms with Gasteiger partial charge in [-0.05, 0) is 0 Å². The second-order valence-corrected chi connectivity index (χ2v) is 0. The van der Waals surface area contributed by atoms with E-state index < -0.39 is 0 Å². The van der Waals surface area contributed by atoms with E-state index >= 15 is 0 Å². The third-order valence-electron chi connectivity index (χ3n) is 0. The molecule has 0 aromatic rings. The van der Waals surface area contributed by atoms with Crippen LogP contribution < -0.4 is 49.6 Å². The van der Waals surface area contributed by atoms with Crippen LogP contribution in [0.3, 0.4) is 0 Å². The molecular formula is AgCl4-3. The van der Waals surface area contributed by atoms with Crippen LogP contribution in [0.1, 0.15) is 0 Å². The van der Waals surface area contributed by atoms with E-state index in [1.165, 1.54) is 0 Å². The van der Waals surface area contributed by atoms with Crippen molar-refractivity contribution in [1.82, 2.24) is 0 Å². The maximum Gasteiger partial charge on any atom is 1.00 e. The van der Waals surface area contributed by atoms with Crippen molar-refractivity contribution in [2.75, 3.05) is 0 Å². The molecule has 0 spiro atoms. The first kappa shape index (κ1) is 66.5. The number of rotatable bonds is 0. The van der Waals surface area contributed by atoms with Crippen molar-refractivity contribution in [3.63, 3.8) is 0 Å². The molecule has 0 rings (SSSR count). The average Bonchev–Trinajstić information content (AvgIpc) is 0. The Morgan fingerprint density at radius 1 is 0.400 bits per heavy atom. The standard InChI is InChI=1S/Ag.4ClH/h;4*1H/q+1;;;;/p-4. The molecule has 0 radical (unpaired) electrons. The Hall–Kier alpha value is 1.90. The van der Waals surface area contributed by atoms with Crippen LogP contribution in [0, 0.1) is 0 Å². The second kappa shape index (κ2) is 39.2. The van der Waals surface area contributed by atoms with Crippen molar-refractivity contribution in [2.24, 2.45) is 0 Å². The summed E-state index contributed by atoms with van der Waals surface area (Å²) in [5.41, 5.74) is 0. The Kier molecular flexibility index (Phi) is 522. The van der Waals surface area contributed by atoms with Gasteiger partial charge < -0.3 is 49.6 Å². The van der Waals surface area contributed by atoms with E-state index in [-0.39, 0.29) is 72.0 Å². The van der Waals surface area contributed by atoms with Gasteiger partial charge in [-0.25, -0.2) is 0 Å². The van der Waals surface area contributed by atoms with E-state index in [1.54, 1.807) is 0 Å². The molecule has 0 heterocycles. The van der Waals surface area contributed by atoms with Crippen molar-refractivity contribution >= 4 is 0 Å². The molecule has 5 heavy (non-hydrogen) atoms. The van der Waals surface area contributed by atoms with E-state index in [4.69, 9.17) is 0 Å². The fourth-order valence-corrected chi connectivity index (χ4v) is 0. The summed E-state index contributed by atoms with van der Waals surface area (Å²) in [6, 6.07) is 0. The first-order valence-electron chi connectivity index (χ1n) is 0. The van der Waals surface area contributed by atoms with Crippen LogP contribution in [0.5, 0.6) is 0 Å². The van der Waals surface area contributed by atoms with Crippen molar-refractivity contribution in [2.45, 2.75) is 0 Å². The van der Waals surface area contributed by atoms with Crippen molar-refractivity contribution < 1.29 is 72.0 Å². The zero-order chi connectivity index (χ0) is 0. The van der Waals surface area contributed by atoms with Crippen LogP contribution in [0.2, 0.25) is 0 Å². The van der Waals surface area contributed by atoms with Crippen molar-refractivity contribution in [3.8, 4) is 0 Å². The molecule has 0 saturated heterocycles. The summed E-state index contributed by atoms with van der Waals surface area (Å²) in [4.78, 5) is 0. The fourth-order valence-electron chi connectivity index (χ4n) is 0. The minimum absolute atomic E-state index is 0. The van der Waals surface area contributed by atoms with Gasteiger partial charge in [-0.3, -0.25) is 0 Å². The fraction of sp³-hybridized carbons (Fsp3) is 0. The van der Waals surface area contributed by atoms with Gasteiger partial charge in [0.15, 0.2) is 0 Å². The molecule has 0 aromatic carbocycles. The smallest absolute Gasteiger partial charge is 1.00 e. The maximum absolute atomic E-state index is 0. The molecule has 0 fully saturated rings. The largest absolute Gasteiger partial charge is 1.00 e. The third-order valence-corrected chi connectivity index (χ3v) is 0. The van der Waals surface area contributed by atoms with Gasteiger partial charge in [-0.15, -0.1) is 0 Å². The molecule has 0 aromatic heterocycles. The van der Waals surface area contributed by atoms with Gasteiger partial charge in [-0.2, -0.15) is 0 Å². The van der Waals surface area contributed by atoms with Crippen LogP contribution in [0.15, 0.2) is 0 Å². The molecular weight excluding hydrogens is 250 g/mol. The Labute approximate surface area is 71.6 Å². The van der Waals surface area contributed by atoms with Crippen LogP contribution in [-0.2, 0) is 22.4 Å². The number of halogens is 4. The van der Waals surface area contributed by atoms with Gasteiger partial charge in [0.25, 0.3) is 0 Å². The summed E-state index contributed by atoms with van der Waals surface area (Å²) in [5.74, 6) is 0. The van der Waals surface area contributed by atoms with E-state index in [2.05, 4.69) is 0 Å². The summed E-state index contributed by atoms with van der Waals surface area (Å²) in [6.45, 7) is 0. The van der Waals surface area contributed by atoms with Crippen LogP contribution in [0.4, 0.5) is 0 Å². The van der Waals surface area contributed by atoms with Gasteiger partial charge in [0.2, 0.25) is 0 Å². The summed E-state index contributed by atoms with van der Waals surface area (Å²) in [6.07, 6.45) is 0. The van der Waals surface area contributed by atoms with E-state index in [0.29, 0.717) is 0 Å². The first-order chi connectivity index (χ1) is 0. The monoisotopic (exact) mass is 247 g/mol. The van der Waals surface area contributed by atoms with E-state index in [0.717, 1.165) is 0 Å². The van der Waals surface area contributed by atoms with Crippen LogP contribution in [-0.4, -0.2) is 0 Å².